The van der Waals surface area contributed by atoms with E-state index in [2.05, 4.69) is 41.2 Å². The number of pyridine rings is 1. The van der Waals surface area contributed by atoms with Crippen molar-refractivity contribution in [3.63, 3.8) is 0 Å². The second-order valence-electron chi connectivity index (χ2n) is 6.02. The quantitative estimate of drug-likeness (QED) is 0.428. The summed E-state index contributed by atoms with van der Waals surface area (Å²) in [6, 6.07) is 14.9. The van der Waals surface area contributed by atoms with Crippen molar-refractivity contribution in [1.82, 2.24) is 15.2 Å². The summed E-state index contributed by atoms with van der Waals surface area (Å²) in [7, 11) is 0. The molecule has 0 radical (unpaired) electrons. The maximum Gasteiger partial charge on any atom is 0.387 e. The van der Waals surface area contributed by atoms with Gasteiger partial charge in [0, 0.05) is 21.6 Å². The SMILES string of the molecule is O=C(Nc1ccc(Br)c2cccnc12)c1cc(-c2ccc(OC(F)F)cc2)n[nH]1. The minimum absolute atomic E-state index is 0.0480. The molecule has 0 saturated carbocycles. The van der Waals surface area contributed by atoms with Crippen molar-refractivity contribution < 1.29 is 18.3 Å². The summed E-state index contributed by atoms with van der Waals surface area (Å²) in [5, 5.41) is 10.5. The number of carbonyl (C=O) groups is 1. The van der Waals surface area contributed by atoms with Crippen LogP contribution in [0.4, 0.5) is 14.5 Å². The van der Waals surface area contributed by atoms with E-state index in [1.165, 1.54) is 12.1 Å². The standard InChI is InChI=1S/C20H13BrF2N4O2/c21-14-7-8-15(18-13(14)2-1-9-24-18)25-19(28)17-10-16(26-27-17)11-3-5-12(6-4-11)29-20(22)23/h1-10,20H,(H,25,28)(H,26,27). The minimum Gasteiger partial charge on any atom is -0.435 e. The van der Waals surface area contributed by atoms with Gasteiger partial charge in [-0.05, 0) is 48.5 Å². The maximum atomic E-state index is 12.6. The molecule has 0 aliphatic rings. The minimum atomic E-state index is -2.88. The van der Waals surface area contributed by atoms with Crippen LogP contribution in [0.2, 0.25) is 0 Å². The zero-order valence-electron chi connectivity index (χ0n) is 14.7. The number of carbonyl (C=O) groups excluding carboxylic acids is 1. The first kappa shape index (κ1) is 19.0. The molecule has 2 heterocycles. The summed E-state index contributed by atoms with van der Waals surface area (Å²) in [5.74, 6) is -0.331. The van der Waals surface area contributed by atoms with E-state index in [1.807, 2.05) is 18.2 Å². The third-order valence-corrected chi connectivity index (χ3v) is 4.85. The third-order valence-electron chi connectivity index (χ3n) is 4.16. The van der Waals surface area contributed by atoms with E-state index >= 15 is 0 Å². The molecule has 0 fully saturated rings. The molecule has 6 nitrogen and oxygen atoms in total. The lowest BCUT2D eigenvalue weighted by atomic mass is 10.1. The van der Waals surface area contributed by atoms with Gasteiger partial charge in [0.05, 0.1) is 16.9 Å². The van der Waals surface area contributed by atoms with E-state index in [-0.39, 0.29) is 17.4 Å². The molecule has 2 aromatic carbocycles. The van der Waals surface area contributed by atoms with Gasteiger partial charge in [0.25, 0.3) is 5.91 Å². The van der Waals surface area contributed by atoms with E-state index in [9.17, 15) is 13.6 Å². The summed E-state index contributed by atoms with van der Waals surface area (Å²) in [6.45, 7) is -2.88. The fourth-order valence-electron chi connectivity index (χ4n) is 2.82. The summed E-state index contributed by atoms with van der Waals surface area (Å²) in [4.78, 5) is 17.0. The number of alkyl halides is 2. The van der Waals surface area contributed by atoms with E-state index in [0.717, 1.165) is 9.86 Å². The van der Waals surface area contributed by atoms with Crippen molar-refractivity contribution in [3.05, 3.63) is 71.0 Å². The van der Waals surface area contributed by atoms with Crippen molar-refractivity contribution in [2.75, 3.05) is 5.32 Å². The zero-order valence-corrected chi connectivity index (χ0v) is 16.3. The van der Waals surface area contributed by atoms with Gasteiger partial charge in [-0.3, -0.25) is 14.9 Å². The van der Waals surface area contributed by atoms with Crippen LogP contribution in [-0.4, -0.2) is 27.7 Å². The van der Waals surface area contributed by atoms with Crippen molar-refractivity contribution in [1.29, 1.82) is 0 Å². The highest BCUT2D eigenvalue weighted by molar-refractivity contribution is 9.10. The van der Waals surface area contributed by atoms with Crippen molar-refractivity contribution in [3.8, 4) is 17.0 Å². The highest BCUT2D eigenvalue weighted by Gasteiger charge is 2.14. The molecule has 1 amide bonds. The average Bonchev–Trinajstić information content (AvgIpc) is 3.21. The molecule has 0 aliphatic heterocycles. The van der Waals surface area contributed by atoms with Crippen molar-refractivity contribution in [2.24, 2.45) is 0 Å². The Morgan fingerprint density at radius 3 is 2.69 bits per heavy atom. The highest BCUT2D eigenvalue weighted by atomic mass is 79.9. The molecule has 0 spiro atoms. The first-order valence-corrected chi connectivity index (χ1v) is 9.26. The Kier molecular flexibility index (Phi) is 5.22. The number of ether oxygens (including phenoxy) is 1. The van der Waals surface area contributed by atoms with Crippen molar-refractivity contribution >= 4 is 38.4 Å². The van der Waals surface area contributed by atoms with Crippen LogP contribution in [-0.2, 0) is 0 Å². The van der Waals surface area contributed by atoms with Gasteiger partial charge in [-0.1, -0.05) is 22.0 Å². The summed E-state index contributed by atoms with van der Waals surface area (Å²) in [6.07, 6.45) is 1.65. The van der Waals surface area contributed by atoms with Crippen LogP contribution >= 0.6 is 15.9 Å². The smallest absolute Gasteiger partial charge is 0.387 e. The van der Waals surface area contributed by atoms with E-state index in [0.29, 0.717) is 22.5 Å². The summed E-state index contributed by atoms with van der Waals surface area (Å²) >= 11 is 3.47. The van der Waals surface area contributed by atoms with Crippen molar-refractivity contribution in [2.45, 2.75) is 6.61 Å². The number of nitrogens with one attached hydrogen (secondary N) is 2. The molecule has 4 rings (SSSR count). The topological polar surface area (TPSA) is 79.9 Å². The monoisotopic (exact) mass is 458 g/mol. The average molecular weight is 459 g/mol. The van der Waals surface area contributed by atoms with Crippen LogP contribution in [0, 0.1) is 0 Å². The molecule has 4 aromatic rings. The highest BCUT2D eigenvalue weighted by Crippen LogP contribution is 2.29. The number of nitrogens with zero attached hydrogens (tertiary/aromatic N) is 2. The van der Waals surface area contributed by atoms with Crippen LogP contribution in [0.3, 0.4) is 0 Å². The Morgan fingerprint density at radius 2 is 1.93 bits per heavy atom. The normalized spacial score (nSPS) is 11.0. The van der Waals surface area contributed by atoms with Gasteiger partial charge in [-0.15, -0.1) is 0 Å². The number of anilines is 1. The van der Waals surface area contributed by atoms with Gasteiger partial charge < -0.3 is 10.1 Å². The first-order chi connectivity index (χ1) is 14.0. The molecule has 0 aliphatic carbocycles. The molecule has 2 N–H and O–H groups in total. The lowest BCUT2D eigenvalue weighted by Gasteiger charge is -2.08. The van der Waals surface area contributed by atoms with Crippen LogP contribution in [0.5, 0.6) is 5.75 Å². The fourth-order valence-corrected chi connectivity index (χ4v) is 3.27. The third kappa shape index (κ3) is 4.09. The first-order valence-electron chi connectivity index (χ1n) is 8.46. The second kappa shape index (κ2) is 7.96. The Hall–Kier alpha value is -3.33. The molecule has 29 heavy (non-hydrogen) atoms. The number of hydrogen-bond acceptors (Lipinski definition) is 4. The van der Waals surface area contributed by atoms with Gasteiger partial charge >= 0.3 is 6.61 Å². The molecule has 9 heteroatoms. The molecule has 146 valence electrons. The van der Waals surface area contributed by atoms with Crippen LogP contribution in [0.1, 0.15) is 10.5 Å². The van der Waals surface area contributed by atoms with Gasteiger partial charge in [-0.25, -0.2) is 0 Å². The van der Waals surface area contributed by atoms with Gasteiger partial charge in [0.15, 0.2) is 0 Å². The Morgan fingerprint density at radius 1 is 1.14 bits per heavy atom. The maximum absolute atomic E-state index is 12.6. The van der Waals surface area contributed by atoms with Gasteiger partial charge in [0.2, 0.25) is 0 Å². The zero-order chi connectivity index (χ0) is 20.4. The number of aromatic amines is 1. The summed E-state index contributed by atoms with van der Waals surface area (Å²) in [5.41, 5.74) is 2.62. The molecule has 0 saturated heterocycles. The summed E-state index contributed by atoms with van der Waals surface area (Å²) < 4.78 is 29.7. The number of amides is 1. The second-order valence-corrected chi connectivity index (χ2v) is 6.87. The predicted octanol–water partition coefficient (Wildman–Crippen LogP) is 5.24. The molecule has 2 aromatic heterocycles. The fraction of sp³-hybridized carbons (Fsp3) is 0.0500. The number of fused-ring (bicyclic) bond motifs is 1. The number of rotatable bonds is 5. The van der Waals surface area contributed by atoms with E-state index in [1.54, 1.807) is 30.5 Å². The van der Waals surface area contributed by atoms with Gasteiger partial charge in [0.1, 0.15) is 11.4 Å². The Labute approximate surface area is 172 Å². The van der Waals surface area contributed by atoms with Crippen LogP contribution in [0.25, 0.3) is 22.2 Å². The number of hydrogen-bond donors (Lipinski definition) is 2. The largest absolute Gasteiger partial charge is 0.435 e. The molecule has 0 unspecified atom stereocenters. The van der Waals surface area contributed by atoms with E-state index in [4.69, 9.17) is 0 Å². The number of H-pyrrole nitrogens is 1. The lowest BCUT2D eigenvalue weighted by molar-refractivity contribution is -0.0498. The Balaban J connectivity index is 1.54. The number of halogens is 3. The van der Waals surface area contributed by atoms with Gasteiger partial charge in [-0.2, -0.15) is 13.9 Å². The lowest BCUT2D eigenvalue weighted by Crippen LogP contribution is -2.12. The van der Waals surface area contributed by atoms with Crippen LogP contribution < -0.4 is 10.1 Å². The molecular formula is C20H13BrF2N4O2. The number of benzene rings is 2. The number of aromatic nitrogens is 3. The van der Waals surface area contributed by atoms with E-state index < -0.39 is 6.61 Å². The predicted molar refractivity (Wildman–Crippen MR) is 108 cm³/mol. The molecule has 0 bridgehead atoms. The Bertz CT molecular complexity index is 1180. The van der Waals surface area contributed by atoms with Crippen LogP contribution in [0.15, 0.2) is 65.3 Å². The molecular weight excluding hydrogens is 446 g/mol. The molecule has 0 atom stereocenters.